The number of benzene rings is 2. The molecule has 4 rings (SSSR count). The Bertz CT molecular complexity index is 1310. The summed E-state index contributed by atoms with van der Waals surface area (Å²) in [6.45, 7) is 0. The number of nitrogens with zero attached hydrogens (tertiary/aromatic N) is 2. The molecule has 1 atom stereocenters. The number of pyridine rings is 2. The summed E-state index contributed by atoms with van der Waals surface area (Å²) < 4.78 is 40.5. The topological polar surface area (TPSA) is 58.0 Å². The van der Waals surface area contributed by atoms with Crippen molar-refractivity contribution < 1.29 is 18.3 Å². The van der Waals surface area contributed by atoms with Gasteiger partial charge in [0.05, 0.1) is 26.7 Å². The van der Waals surface area contributed by atoms with Crippen LogP contribution >= 0.6 is 34.8 Å². The van der Waals surface area contributed by atoms with E-state index in [0.29, 0.717) is 16.5 Å². The summed E-state index contributed by atoms with van der Waals surface area (Å²) in [6.07, 6.45) is -1.83. The molecular formula is C22H13Cl3F3N3O. The van der Waals surface area contributed by atoms with E-state index >= 15 is 0 Å². The third-order valence-electron chi connectivity index (χ3n) is 4.82. The molecule has 0 fully saturated rings. The highest BCUT2D eigenvalue weighted by Gasteiger charge is 2.34. The first kappa shape index (κ1) is 22.5. The van der Waals surface area contributed by atoms with Gasteiger partial charge in [-0.05, 0) is 23.8 Å². The second-order valence-corrected chi connectivity index (χ2v) is 8.10. The number of rotatable bonds is 4. The SMILES string of the molecule is Oc1c(C(Nc2cc(Cl)c(Cl)cn2)c2ccc(Cl)c(C(F)(F)F)c2)ccc2cccnc12. The second kappa shape index (κ2) is 8.65. The Hall–Kier alpha value is -2.74. The van der Waals surface area contributed by atoms with Crippen molar-refractivity contribution in [1.82, 2.24) is 9.97 Å². The summed E-state index contributed by atoms with van der Waals surface area (Å²) >= 11 is 17.8. The fourth-order valence-electron chi connectivity index (χ4n) is 3.30. The lowest BCUT2D eigenvalue weighted by Gasteiger charge is -2.23. The van der Waals surface area contributed by atoms with E-state index in [4.69, 9.17) is 34.8 Å². The molecule has 0 radical (unpaired) electrons. The molecule has 2 heterocycles. The summed E-state index contributed by atoms with van der Waals surface area (Å²) in [5, 5.41) is 14.6. The normalized spacial score (nSPS) is 12.7. The zero-order chi connectivity index (χ0) is 23.0. The molecule has 0 amide bonds. The fraction of sp³-hybridized carbons (Fsp3) is 0.0909. The van der Waals surface area contributed by atoms with Crippen LogP contribution in [0.25, 0.3) is 10.9 Å². The highest BCUT2D eigenvalue weighted by atomic mass is 35.5. The monoisotopic (exact) mass is 497 g/mol. The van der Waals surface area contributed by atoms with Crippen LogP contribution in [0.1, 0.15) is 22.7 Å². The average Bonchev–Trinajstić information content (AvgIpc) is 2.75. The minimum Gasteiger partial charge on any atom is -0.505 e. The molecule has 0 saturated carbocycles. The summed E-state index contributed by atoms with van der Waals surface area (Å²) in [5.74, 6) is 0.0672. The quantitative estimate of drug-likeness (QED) is 0.306. The van der Waals surface area contributed by atoms with E-state index < -0.39 is 22.8 Å². The predicted molar refractivity (Wildman–Crippen MR) is 120 cm³/mol. The highest BCUT2D eigenvalue weighted by Crippen LogP contribution is 2.40. The number of phenolic OH excluding ortho intramolecular Hbond substituents is 1. The molecule has 2 aromatic heterocycles. The van der Waals surface area contributed by atoms with Gasteiger partial charge in [0.15, 0.2) is 0 Å². The molecule has 0 aliphatic heterocycles. The van der Waals surface area contributed by atoms with Gasteiger partial charge in [0.1, 0.15) is 17.1 Å². The van der Waals surface area contributed by atoms with Crippen LogP contribution in [-0.2, 0) is 6.18 Å². The van der Waals surface area contributed by atoms with Gasteiger partial charge in [-0.15, -0.1) is 0 Å². The van der Waals surface area contributed by atoms with Gasteiger partial charge in [-0.25, -0.2) is 4.98 Å². The Morgan fingerprint density at radius 3 is 2.41 bits per heavy atom. The molecular weight excluding hydrogens is 486 g/mol. The lowest BCUT2D eigenvalue weighted by Crippen LogP contribution is -2.15. The van der Waals surface area contributed by atoms with Gasteiger partial charge in [-0.1, -0.05) is 59.1 Å². The van der Waals surface area contributed by atoms with E-state index in [1.54, 1.807) is 24.3 Å². The van der Waals surface area contributed by atoms with Gasteiger partial charge in [0, 0.05) is 29.4 Å². The van der Waals surface area contributed by atoms with Gasteiger partial charge in [-0.2, -0.15) is 13.2 Å². The van der Waals surface area contributed by atoms with Gasteiger partial charge < -0.3 is 10.4 Å². The smallest absolute Gasteiger partial charge is 0.417 e. The number of alkyl halides is 3. The predicted octanol–water partition coefficient (Wildman–Crippen LogP) is 7.52. The van der Waals surface area contributed by atoms with Gasteiger partial charge in [0.2, 0.25) is 0 Å². The molecule has 0 spiro atoms. The van der Waals surface area contributed by atoms with Crippen molar-refractivity contribution in [2.24, 2.45) is 0 Å². The maximum absolute atomic E-state index is 13.5. The van der Waals surface area contributed by atoms with Gasteiger partial charge in [-0.3, -0.25) is 4.98 Å². The van der Waals surface area contributed by atoms with Crippen molar-refractivity contribution >= 4 is 51.5 Å². The van der Waals surface area contributed by atoms with Crippen LogP contribution in [-0.4, -0.2) is 15.1 Å². The standard InChI is InChI=1S/C22H13Cl3F3N3O/c23-15-6-4-12(8-14(15)22(26,27)28)19(31-18-9-16(24)17(25)10-30-18)13-5-3-11-2-1-7-29-20(11)21(13)32/h1-10,19,32H,(H,30,31). The zero-order valence-corrected chi connectivity index (χ0v) is 18.2. The molecule has 0 saturated heterocycles. The molecule has 4 aromatic rings. The Morgan fingerprint density at radius 1 is 0.906 bits per heavy atom. The molecule has 0 aliphatic rings. The molecule has 32 heavy (non-hydrogen) atoms. The first-order valence-corrected chi connectivity index (χ1v) is 10.3. The largest absolute Gasteiger partial charge is 0.505 e. The molecule has 0 bridgehead atoms. The first-order chi connectivity index (χ1) is 15.1. The van der Waals surface area contributed by atoms with Crippen LogP contribution in [0.4, 0.5) is 19.0 Å². The maximum atomic E-state index is 13.5. The van der Waals surface area contributed by atoms with Crippen molar-refractivity contribution in [2.45, 2.75) is 12.2 Å². The molecule has 10 heteroatoms. The van der Waals surface area contributed by atoms with Crippen LogP contribution in [0.3, 0.4) is 0 Å². The van der Waals surface area contributed by atoms with Gasteiger partial charge >= 0.3 is 6.18 Å². The van der Waals surface area contributed by atoms with Crippen molar-refractivity contribution in [1.29, 1.82) is 0 Å². The van der Waals surface area contributed by atoms with Crippen molar-refractivity contribution in [3.8, 4) is 5.75 Å². The molecule has 0 aliphatic carbocycles. The number of aromatic hydroxyl groups is 1. The van der Waals surface area contributed by atoms with Crippen LogP contribution in [0.2, 0.25) is 15.1 Å². The highest BCUT2D eigenvalue weighted by molar-refractivity contribution is 6.42. The number of hydrogen-bond acceptors (Lipinski definition) is 4. The Kier molecular flexibility index (Phi) is 6.07. The van der Waals surface area contributed by atoms with E-state index in [1.807, 2.05) is 0 Å². The number of fused-ring (bicyclic) bond motifs is 1. The molecule has 1 unspecified atom stereocenters. The minimum atomic E-state index is -4.66. The zero-order valence-electron chi connectivity index (χ0n) is 16.0. The lowest BCUT2D eigenvalue weighted by atomic mass is 9.95. The molecule has 2 aromatic carbocycles. The van der Waals surface area contributed by atoms with E-state index in [2.05, 4.69) is 15.3 Å². The number of aromatic nitrogens is 2. The van der Waals surface area contributed by atoms with Crippen molar-refractivity contribution in [3.05, 3.63) is 92.7 Å². The number of anilines is 1. The molecule has 164 valence electrons. The van der Waals surface area contributed by atoms with Crippen molar-refractivity contribution in [3.63, 3.8) is 0 Å². The average molecular weight is 499 g/mol. The van der Waals surface area contributed by atoms with E-state index in [1.165, 1.54) is 24.5 Å². The fourth-order valence-corrected chi connectivity index (χ4v) is 3.78. The number of nitrogens with one attached hydrogen (secondary N) is 1. The Balaban J connectivity index is 1.90. The van der Waals surface area contributed by atoms with E-state index in [0.717, 1.165) is 12.1 Å². The third kappa shape index (κ3) is 4.41. The summed E-state index contributed by atoms with van der Waals surface area (Å²) in [7, 11) is 0. The maximum Gasteiger partial charge on any atom is 0.417 e. The minimum absolute atomic E-state index is 0.177. The third-order valence-corrected chi connectivity index (χ3v) is 5.86. The van der Waals surface area contributed by atoms with E-state index in [9.17, 15) is 18.3 Å². The Morgan fingerprint density at radius 2 is 1.69 bits per heavy atom. The first-order valence-electron chi connectivity index (χ1n) is 9.16. The number of halogens is 6. The van der Waals surface area contributed by atoms with Crippen LogP contribution in [0.15, 0.2) is 60.9 Å². The summed E-state index contributed by atoms with van der Waals surface area (Å²) in [5.41, 5.74) is -0.201. The van der Waals surface area contributed by atoms with E-state index in [-0.39, 0.29) is 27.2 Å². The van der Waals surface area contributed by atoms with Crippen LogP contribution < -0.4 is 5.32 Å². The number of hydrogen-bond donors (Lipinski definition) is 2. The number of phenols is 1. The summed E-state index contributed by atoms with van der Waals surface area (Å²) in [4.78, 5) is 8.33. The van der Waals surface area contributed by atoms with Gasteiger partial charge in [0.25, 0.3) is 0 Å². The Labute approximate surface area is 195 Å². The van der Waals surface area contributed by atoms with Crippen LogP contribution in [0.5, 0.6) is 5.75 Å². The summed E-state index contributed by atoms with van der Waals surface area (Å²) in [6, 6.07) is 10.8. The molecule has 4 nitrogen and oxygen atoms in total. The van der Waals surface area contributed by atoms with Crippen LogP contribution in [0, 0.1) is 0 Å². The lowest BCUT2D eigenvalue weighted by molar-refractivity contribution is -0.137. The second-order valence-electron chi connectivity index (χ2n) is 6.88. The van der Waals surface area contributed by atoms with Crippen molar-refractivity contribution in [2.75, 3.05) is 5.32 Å². The molecule has 2 N–H and O–H groups in total.